The number of aromatic hydroxyl groups is 1. The normalized spacial score (nSPS) is 17.3. The zero-order valence-electron chi connectivity index (χ0n) is 17.4. The molecule has 5 rings (SSSR count). The highest BCUT2D eigenvalue weighted by Crippen LogP contribution is 2.33. The maximum Gasteiger partial charge on any atom is 0.346 e. The zero-order chi connectivity index (χ0) is 21.4. The summed E-state index contributed by atoms with van der Waals surface area (Å²) >= 11 is 1.43. The second kappa shape index (κ2) is 8.29. The van der Waals surface area contributed by atoms with Gasteiger partial charge in [0, 0.05) is 29.4 Å². The van der Waals surface area contributed by atoms with Gasteiger partial charge in [0.25, 0.3) is 0 Å². The van der Waals surface area contributed by atoms with Crippen LogP contribution in [0, 0.1) is 5.92 Å². The largest absolute Gasteiger partial charge is 0.507 e. The van der Waals surface area contributed by atoms with Crippen LogP contribution in [0.25, 0.3) is 32.8 Å². The number of hydrogen-bond donors (Lipinski definition) is 1. The summed E-state index contributed by atoms with van der Waals surface area (Å²) in [5.74, 6) is 0.801. The van der Waals surface area contributed by atoms with Gasteiger partial charge < -0.3 is 9.52 Å². The summed E-state index contributed by atoms with van der Waals surface area (Å²) in [6.45, 7) is 4.80. The summed E-state index contributed by atoms with van der Waals surface area (Å²) in [6.07, 6.45) is 2.38. The van der Waals surface area contributed by atoms with Gasteiger partial charge in [0.05, 0.1) is 16.8 Å². The van der Waals surface area contributed by atoms with Gasteiger partial charge in [0.2, 0.25) is 0 Å². The lowest BCUT2D eigenvalue weighted by Gasteiger charge is -2.31. The fraction of sp³-hybridized carbons (Fsp3) is 0.280. The van der Waals surface area contributed by atoms with Gasteiger partial charge in [0.1, 0.15) is 16.3 Å². The van der Waals surface area contributed by atoms with Crippen molar-refractivity contribution >= 4 is 22.3 Å². The molecule has 1 N–H and O–H groups in total. The summed E-state index contributed by atoms with van der Waals surface area (Å²) in [6, 6.07) is 15.2. The fourth-order valence-electron chi connectivity index (χ4n) is 4.33. The number of nitrogens with zero attached hydrogens (tertiary/aromatic N) is 2. The Morgan fingerprint density at radius 1 is 1.23 bits per heavy atom. The third-order valence-corrected chi connectivity index (χ3v) is 6.78. The lowest BCUT2D eigenvalue weighted by atomic mass is 9.99. The lowest BCUT2D eigenvalue weighted by Crippen LogP contribution is -2.33. The molecular weight excluding hydrogens is 408 g/mol. The smallest absolute Gasteiger partial charge is 0.346 e. The van der Waals surface area contributed by atoms with Gasteiger partial charge >= 0.3 is 5.63 Å². The van der Waals surface area contributed by atoms with E-state index in [-0.39, 0.29) is 5.75 Å². The van der Waals surface area contributed by atoms with E-state index < -0.39 is 5.63 Å². The number of piperidine rings is 1. The number of aromatic nitrogens is 1. The van der Waals surface area contributed by atoms with Crippen LogP contribution in [0.2, 0.25) is 0 Å². The summed E-state index contributed by atoms with van der Waals surface area (Å²) in [4.78, 5) is 19.9. The first-order chi connectivity index (χ1) is 15.1. The second-order valence-electron chi connectivity index (χ2n) is 8.32. The van der Waals surface area contributed by atoms with E-state index in [1.54, 1.807) is 12.1 Å². The molecule has 1 unspecified atom stereocenters. The minimum atomic E-state index is -0.430. The van der Waals surface area contributed by atoms with Crippen LogP contribution in [-0.4, -0.2) is 28.1 Å². The predicted octanol–water partition coefficient (Wildman–Crippen LogP) is 5.52. The quantitative estimate of drug-likeness (QED) is 0.430. The van der Waals surface area contributed by atoms with E-state index in [1.807, 2.05) is 41.8 Å². The van der Waals surface area contributed by atoms with Gasteiger partial charge in [-0.25, -0.2) is 9.78 Å². The van der Waals surface area contributed by atoms with Crippen molar-refractivity contribution < 1.29 is 9.52 Å². The van der Waals surface area contributed by atoms with E-state index >= 15 is 0 Å². The highest BCUT2D eigenvalue weighted by atomic mass is 32.1. The SMILES string of the molecule is CC1CCCN(Cc2c(O)ccc3cc(-c4nc(-c5ccccc5)cs4)c(=O)oc23)C1. The van der Waals surface area contributed by atoms with Crippen LogP contribution >= 0.6 is 11.3 Å². The van der Waals surface area contributed by atoms with Gasteiger partial charge in [0.15, 0.2) is 0 Å². The molecule has 158 valence electrons. The van der Waals surface area contributed by atoms with Gasteiger partial charge in [-0.3, -0.25) is 4.90 Å². The van der Waals surface area contributed by atoms with E-state index in [0.717, 1.165) is 36.2 Å². The number of phenols is 1. The summed E-state index contributed by atoms with van der Waals surface area (Å²) in [5, 5.41) is 13.9. The molecule has 1 fully saturated rings. The number of benzene rings is 2. The molecule has 2 aromatic heterocycles. The molecule has 1 aliphatic rings. The topological polar surface area (TPSA) is 66.6 Å². The van der Waals surface area contributed by atoms with E-state index in [4.69, 9.17) is 4.42 Å². The Balaban J connectivity index is 1.52. The Morgan fingerprint density at radius 2 is 2.06 bits per heavy atom. The van der Waals surface area contributed by atoms with E-state index in [0.29, 0.717) is 34.2 Å². The first-order valence-electron chi connectivity index (χ1n) is 10.6. The highest BCUT2D eigenvalue weighted by molar-refractivity contribution is 7.13. The van der Waals surface area contributed by atoms with Crippen LogP contribution in [-0.2, 0) is 6.54 Å². The van der Waals surface area contributed by atoms with Crippen molar-refractivity contribution in [2.45, 2.75) is 26.3 Å². The molecule has 2 aromatic carbocycles. The Bertz CT molecular complexity index is 1280. The van der Waals surface area contributed by atoms with E-state index in [9.17, 15) is 9.90 Å². The highest BCUT2D eigenvalue weighted by Gasteiger charge is 2.21. The fourth-order valence-corrected chi connectivity index (χ4v) is 5.16. The van der Waals surface area contributed by atoms with Crippen LogP contribution in [0.5, 0.6) is 5.75 Å². The first-order valence-corrected chi connectivity index (χ1v) is 11.5. The minimum absolute atomic E-state index is 0.169. The summed E-state index contributed by atoms with van der Waals surface area (Å²) in [7, 11) is 0. The summed E-state index contributed by atoms with van der Waals surface area (Å²) < 4.78 is 5.77. The number of thiazole rings is 1. The van der Waals surface area contributed by atoms with Gasteiger partial charge in [-0.15, -0.1) is 11.3 Å². The molecule has 0 saturated carbocycles. The van der Waals surface area contributed by atoms with Gasteiger partial charge in [-0.05, 0) is 43.5 Å². The Morgan fingerprint density at radius 3 is 2.87 bits per heavy atom. The molecule has 0 radical (unpaired) electrons. The molecular formula is C25H24N2O3S. The van der Waals surface area contributed by atoms with Crippen LogP contribution in [0.4, 0.5) is 0 Å². The number of rotatable bonds is 4. The second-order valence-corrected chi connectivity index (χ2v) is 9.17. The molecule has 1 saturated heterocycles. The van der Waals surface area contributed by atoms with Gasteiger partial charge in [-0.1, -0.05) is 37.3 Å². The molecule has 31 heavy (non-hydrogen) atoms. The first kappa shape index (κ1) is 20.0. The van der Waals surface area contributed by atoms with Crippen LogP contribution < -0.4 is 5.63 Å². The Hall–Kier alpha value is -2.96. The molecule has 0 spiro atoms. The van der Waals surface area contributed by atoms with Crippen molar-refractivity contribution in [2.75, 3.05) is 13.1 Å². The van der Waals surface area contributed by atoms with Crippen LogP contribution in [0.15, 0.2) is 63.1 Å². The monoisotopic (exact) mass is 432 g/mol. The van der Waals surface area contributed by atoms with Crippen LogP contribution in [0.1, 0.15) is 25.3 Å². The number of phenolic OH excluding ortho intramolecular Hbond substituents is 1. The zero-order valence-corrected chi connectivity index (χ0v) is 18.2. The van der Waals surface area contributed by atoms with Crippen molar-refractivity contribution in [3.63, 3.8) is 0 Å². The maximum absolute atomic E-state index is 12.9. The average molecular weight is 433 g/mol. The molecule has 0 aliphatic carbocycles. The molecule has 5 nitrogen and oxygen atoms in total. The molecule has 4 aromatic rings. The number of fused-ring (bicyclic) bond motifs is 1. The molecule has 1 aliphatic heterocycles. The van der Waals surface area contributed by atoms with Crippen molar-refractivity contribution in [1.82, 2.24) is 9.88 Å². The number of hydrogen-bond acceptors (Lipinski definition) is 6. The molecule has 6 heteroatoms. The molecule has 1 atom stereocenters. The molecule has 0 bridgehead atoms. The van der Waals surface area contributed by atoms with Crippen molar-refractivity contribution in [3.05, 3.63) is 69.9 Å². The summed E-state index contributed by atoms with van der Waals surface area (Å²) in [5.41, 5.74) is 3.01. The van der Waals surface area contributed by atoms with Crippen LogP contribution in [0.3, 0.4) is 0 Å². The van der Waals surface area contributed by atoms with E-state index in [2.05, 4.69) is 16.8 Å². The average Bonchev–Trinajstić information content (AvgIpc) is 3.26. The maximum atomic E-state index is 12.9. The van der Waals surface area contributed by atoms with Crippen molar-refractivity contribution in [3.8, 4) is 27.6 Å². The van der Waals surface area contributed by atoms with E-state index in [1.165, 1.54) is 17.8 Å². The lowest BCUT2D eigenvalue weighted by molar-refractivity contribution is 0.175. The number of likely N-dealkylation sites (tertiary alicyclic amines) is 1. The van der Waals surface area contributed by atoms with Crippen molar-refractivity contribution in [1.29, 1.82) is 0 Å². The van der Waals surface area contributed by atoms with Crippen molar-refractivity contribution in [2.24, 2.45) is 5.92 Å². The van der Waals surface area contributed by atoms with Gasteiger partial charge in [-0.2, -0.15) is 0 Å². The molecule has 0 amide bonds. The third kappa shape index (κ3) is 4.01. The minimum Gasteiger partial charge on any atom is -0.507 e. The Labute approximate surface area is 184 Å². The third-order valence-electron chi connectivity index (χ3n) is 5.91. The Kier molecular flexibility index (Phi) is 5.34. The molecule has 3 heterocycles. The predicted molar refractivity (Wildman–Crippen MR) is 124 cm³/mol. The standard InChI is InChI=1S/C25H24N2O3S/c1-16-6-5-11-27(13-16)14-20-22(28)10-9-18-12-19(25(29)30-23(18)20)24-26-21(15-31-24)17-7-3-2-4-8-17/h2-4,7-10,12,15-16,28H,5-6,11,13-14H2,1H3.